The summed E-state index contributed by atoms with van der Waals surface area (Å²) < 4.78 is 13.6. The van der Waals surface area contributed by atoms with E-state index in [4.69, 9.17) is 5.73 Å². The first-order chi connectivity index (χ1) is 6.83. The van der Waals surface area contributed by atoms with E-state index in [-0.39, 0.29) is 0 Å². The molecule has 2 N–H and O–H groups in total. The van der Waals surface area contributed by atoms with Crippen LogP contribution in [-0.4, -0.2) is 25.9 Å². The van der Waals surface area contributed by atoms with Crippen LogP contribution in [-0.2, 0) is 10.8 Å². The zero-order valence-electron chi connectivity index (χ0n) is 7.59. The molecule has 0 aromatic carbocycles. The van der Waals surface area contributed by atoms with Gasteiger partial charge in [0.25, 0.3) is 0 Å². The van der Waals surface area contributed by atoms with E-state index in [0.29, 0.717) is 12.3 Å². The molecule has 1 atom stereocenters. The number of imidazole rings is 1. The summed E-state index contributed by atoms with van der Waals surface area (Å²) in [6.07, 6.45) is 3.50. The van der Waals surface area contributed by atoms with Crippen molar-refractivity contribution in [1.82, 2.24) is 9.38 Å². The van der Waals surface area contributed by atoms with Crippen LogP contribution in [0.5, 0.6) is 0 Å². The molecule has 0 saturated heterocycles. The van der Waals surface area contributed by atoms with E-state index in [1.807, 2.05) is 22.6 Å². The van der Waals surface area contributed by atoms with Crippen molar-refractivity contribution in [2.75, 3.05) is 12.3 Å². The van der Waals surface area contributed by atoms with Crippen LogP contribution in [0.25, 0.3) is 5.65 Å². The molecule has 0 fully saturated rings. The summed E-state index contributed by atoms with van der Waals surface area (Å²) in [7, 11) is -1.04. The van der Waals surface area contributed by atoms with Gasteiger partial charge in [-0.3, -0.25) is 8.61 Å². The topological polar surface area (TPSA) is 60.4 Å². The quantitative estimate of drug-likeness (QED) is 0.796. The van der Waals surface area contributed by atoms with Gasteiger partial charge in [-0.1, -0.05) is 6.07 Å². The van der Waals surface area contributed by atoms with Crippen LogP contribution >= 0.6 is 0 Å². The molecule has 2 rings (SSSR count). The van der Waals surface area contributed by atoms with E-state index >= 15 is 0 Å². The summed E-state index contributed by atoms with van der Waals surface area (Å²) in [5.74, 6) is 0.483. The Hall–Kier alpha value is -1.20. The van der Waals surface area contributed by atoms with Crippen molar-refractivity contribution in [3.8, 4) is 0 Å². The van der Waals surface area contributed by atoms with Crippen LogP contribution in [0, 0.1) is 0 Å². The molecule has 2 heterocycles. The maximum atomic E-state index is 11.7. The molecular formula is C9H11N3OS. The van der Waals surface area contributed by atoms with Crippen molar-refractivity contribution in [2.24, 2.45) is 5.73 Å². The maximum Gasteiger partial charge on any atom is 0.137 e. The zero-order chi connectivity index (χ0) is 9.97. The van der Waals surface area contributed by atoms with Crippen molar-refractivity contribution >= 4 is 16.4 Å². The minimum atomic E-state index is -1.04. The normalized spacial score (nSPS) is 13.2. The number of hydrogen-bond donors (Lipinski definition) is 1. The number of fused-ring (bicyclic) bond motifs is 1. The lowest BCUT2D eigenvalue weighted by Crippen LogP contribution is -2.12. The first-order valence-electron chi connectivity index (χ1n) is 4.33. The molecule has 2 aromatic heterocycles. The molecule has 0 aliphatic rings. The lowest BCUT2D eigenvalue weighted by Gasteiger charge is -2.03. The number of hydrogen-bond acceptors (Lipinski definition) is 3. The second kappa shape index (κ2) is 3.89. The highest BCUT2D eigenvalue weighted by molar-refractivity contribution is 7.85. The Morgan fingerprint density at radius 3 is 3.14 bits per heavy atom. The van der Waals surface area contributed by atoms with Gasteiger partial charge in [0.15, 0.2) is 0 Å². The zero-order valence-corrected chi connectivity index (χ0v) is 8.41. The largest absolute Gasteiger partial charge is 0.330 e. The first kappa shape index (κ1) is 9.36. The van der Waals surface area contributed by atoms with E-state index in [2.05, 4.69) is 4.98 Å². The molecule has 0 spiro atoms. The second-order valence-electron chi connectivity index (χ2n) is 2.86. The fourth-order valence-electron chi connectivity index (χ4n) is 1.32. The van der Waals surface area contributed by atoms with Crippen LogP contribution in [0.15, 0.2) is 35.6 Å². The van der Waals surface area contributed by atoms with Gasteiger partial charge in [0.05, 0.1) is 10.8 Å². The summed E-state index contributed by atoms with van der Waals surface area (Å²) in [6.45, 7) is 0.428. The van der Waals surface area contributed by atoms with Gasteiger partial charge < -0.3 is 5.73 Å². The van der Waals surface area contributed by atoms with E-state index in [1.165, 1.54) is 0 Å². The van der Waals surface area contributed by atoms with Gasteiger partial charge in [0, 0.05) is 24.7 Å². The van der Waals surface area contributed by atoms with Crippen LogP contribution < -0.4 is 5.73 Å². The molecule has 14 heavy (non-hydrogen) atoms. The Balaban J connectivity index is 2.50. The molecule has 0 aliphatic heterocycles. The van der Waals surface area contributed by atoms with Crippen molar-refractivity contribution in [1.29, 1.82) is 0 Å². The molecule has 4 nitrogen and oxygen atoms in total. The summed E-state index contributed by atoms with van der Waals surface area (Å²) in [4.78, 5) is 4.12. The number of pyridine rings is 1. The van der Waals surface area contributed by atoms with Crippen molar-refractivity contribution < 1.29 is 4.21 Å². The number of aromatic nitrogens is 2. The molecule has 0 radical (unpaired) electrons. The fourth-order valence-corrected chi connectivity index (χ4v) is 2.35. The smallest absolute Gasteiger partial charge is 0.137 e. The Kier molecular flexibility index (Phi) is 2.60. The van der Waals surface area contributed by atoms with Crippen LogP contribution in [0.2, 0.25) is 0 Å². The molecule has 0 amide bonds. The van der Waals surface area contributed by atoms with Crippen molar-refractivity contribution in [2.45, 2.75) is 5.03 Å². The van der Waals surface area contributed by atoms with Gasteiger partial charge in [-0.05, 0) is 12.1 Å². The van der Waals surface area contributed by atoms with Crippen molar-refractivity contribution in [3.63, 3.8) is 0 Å². The van der Waals surface area contributed by atoms with E-state index in [9.17, 15) is 4.21 Å². The Morgan fingerprint density at radius 1 is 1.50 bits per heavy atom. The maximum absolute atomic E-state index is 11.7. The summed E-state index contributed by atoms with van der Waals surface area (Å²) in [6, 6.07) is 5.57. The van der Waals surface area contributed by atoms with Gasteiger partial charge in [-0.15, -0.1) is 0 Å². The third-order valence-corrected chi connectivity index (χ3v) is 3.33. The Morgan fingerprint density at radius 2 is 2.36 bits per heavy atom. The van der Waals surface area contributed by atoms with Gasteiger partial charge in [0.1, 0.15) is 10.7 Å². The van der Waals surface area contributed by atoms with E-state index < -0.39 is 10.8 Å². The number of rotatable bonds is 3. The van der Waals surface area contributed by atoms with E-state index in [1.54, 1.807) is 12.4 Å². The first-order valence-corrected chi connectivity index (χ1v) is 5.65. The summed E-state index contributed by atoms with van der Waals surface area (Å²) in [5, 5.41) is 0.755. The third kappa shape index (κ3) is 1.56. The minimum Gasteiger partial charge on any atom is -0.330 e. The Labute approximate surface area is 84.2 Å². The average Bonchev–Trinajstić information content (AvgIpc) is 2.65. The Bertz CT molecular complexity index is 466. The third-order valence-electron chi connectivity index (χ3n) is 1.93. The van der Waals surface area contributed by atoms with Gasteiger partial charge in [-0.2, -0.15) is 0 Å². The highest BCUT2D eigenvalue weighted by atomic mass is 32.2. The van der Waals surface area contributed by atoms with Gasteiger partial charge in [-0.25, -0.2) is 4.98 Å². The monoisotopic (exact) mass is 209 g/mol. The second-order valence-corrected chi connectivity index (χ2v) is 4.38. The van der Waals surface area contributed by atoms with Crippen LogP contribution in [0.4, 0.5) is 0 Å². The average molecular weight is 209 g/mol. The van der Waals surface area contributed by atoms with Gasteiger partial charge in [0.2, 0.25) is 0 Å². The number of nitrogens with zero attached hydrogens (tertiary/aromatic N) is 2. The molecule has 1 unspecified atom stereocenters. The standard InChI is InChI=1S/C9H11N3OS/c10-4-7-14(13)9-3-1-2-8-11-5-6-12(8)9/h1-3,5-6H,4,7,10H2. The predicted molar refractivity (Wildman–Crippen MR) is 55.5 cm³/mol. The van der Waals surface area contributed by atoms with Crippen LogP contribution in [0.1, 0.15) is 0 Å². The van der Waals surface area contributed by atoms with E-state index in [0.717, 1.165) is 10.7 Å². The fraction of sp³-hybridized carbons (Fsp3) is 0.222. The molecule has 74 valence electrons. The predicted octanol–water partition coefficient (Wildman–Crippen LogP) is 0.401. The highest BCUT2D eigenvalue weighted by Gasteiger charge is 2.06. The highest BCUT2D eigenvalue weighted by Crippen LogP contribution is 2.09. The SMILES string of the molecule is NCCS(=O)c1cccc2nccn12. The van der Waals surface area contributed by atoms with Crippen molar-refractivity contribution in [3.05, 3.63) is 30.6 Å². The molecule has 0 aliphatic carbocycles. The molecule has 0 bridgehead atoms. The summed E-state index contributed by atoms with van der Waals surface area (Å²) in [5.41, 5.74) is 6.18. The molecule has 0 saturated carbocycles. The lowest BCUT2D eigenvalue weighted by atomic mass is 10.5. The lowest BCUT2D eigenvalue weighted by molar-refractivity contribution is 0.678. The molecule has 2 aromatic rings. The minimum absolute atomic E-state index is 0.428. The summed E-state index contributed by atoms with van der Waals surface area (Å²) >= 11 is 0. The molecular weight excluding hydrogens is 198 g/mol. The van der Waals surface area contributed by atoms with Gasteiger partial charge >= 0.3 is 0 Å². The number of nitrogens with two attached hydrogens (primary N) is 1. The molecule has 5 heteroatoms. The van der Waals surface area contributed by atoms with Crippen LogP contribution in [0.3, 0.4) is 0 Å².